The van der Waals surface area contributed by atoms with E-state index < -0.39 is 0 Å². The quantitative estimate of drug-likeness (QED) is 0.671. The fraction of sp³-hybridized carbons (Fsp3) is 0.571. The van der Waals surface area contributed by atoms with Crippen LogP contribution in [0.4, 0.5) is 0 Å². The van der Waals surface area contributed by atoms with Crippen molar-refractivity contribution in [2.45, 2.75) is 45.4 Å². The van der Waals surface area contributed by atoms with Crippen LogP contribution in [-0.2, 0) is 6.42 Å². The van der Waals surface area contributed by atoms with Crippen LogP contribution in [-0.4, -0.2) is 5.38 Å². The molecule has 1 unspecified atom stereocenters. The maximum atomic E-state index is 6.45. The van der Waals surface area contributed by atoms with Crippen molar-refractivity contribution in [3.05, 3.63) is 34.9 Å². The molecule has 82 valence electrons. The van der Waals surface area contributed by atoms with Gasteiger partial charge in [0.1, 0.15) is 0 Å². The minimum atomic E-state index is 0.305. The third-order valence-electron chi connectivity index (χ3n) is 3.78. The fourth-order valence-electron chi connectivity index (χ4n) is 1.89. The standard InChI is InChI=1S/C14H19Cl/c1-10-4-5-12(8-11(10)2)9-13(15)14(3)6-7-14/h4-5,8,13H,6-7,9H2,1-3H3. The lowest BCUT2D eigenvalue weighted by Crippen LogP contribution is -2.15. The molecule has 0 radical (unpaired) electrons. The average molecular weight is 223 g/mol. The topological polar surface area (TPSA) is 0 Å². The molecule has 2 rings (SSSR count). The Balaban J connectivity index is 2.07. The van der Waals surface area contributed by atoms with Gasteiger partial charge in [-0.25, -0.2) is 0 Å². The van der Waals surface area contributed by atoms with Crippen molar-refractivity contribution in [1.82, 2.24) is 0 Å². The monoisotopic (exact) mass is 222 g/mol. The van der Waals surface area contributed by atoms with E-state index in [4.69, 9.17) is 11.6 Å². The number of hydrogen-bond acceptors (Lipinski definition) is 0. The molecule has 15 heavy (non-hydrogen) atoms. The summed E-state index contributed by atoms with van der Waals surface area (Å²) in [6, 6.07) is 6.68. The highest BCUT2D eigenvalue weighted by Crippen LogP contribution is 2.51. The Morgan fingerprint density at radius 1 is 1.27 bits per heavy atom. The van der Waals surface area contributed by atoms with Crippen molar-refractivity contribution >= 4 is 11.6 Å². The number of alkyl halides is 1. The van der Waals surface area contributed by atoms with E-state index in [0.29, 0.717) is 10.8 Å². The van der Waals surface area contributed by atoms with E-state index in [1.165, 1.54) is 29.5 Å². The van der Waals surface area contributed by atoms with Crippen LogP contribution in [0, 0.1) is 19.3 Å². The molecule has 1 aliphatic rings. The molecule has 0 aliphatic heterocycles. The van der Waals surface area contributed by atoms with Gasteiger partial charge >= 0.3 is 0 Å². The predicted octanol–water partition coefficient (Wildman–Crippen LogP) is 4.25. The molecular weight excluding hydrogens is 204 g/mol. The predicted molar refractivity (Wildman–Crippen MR) is 66.6 cm³/mol. The normalized spacial score (nSPS) is 20.0. The summed E-state index contributed by atoms with van der Waals surface area (Å²) >= 11 is 6.45. The van der Waals surface area contributed by atoms with Gasteiger partial charge in [0.25, 0.3) is 0 Å². The van der Waals surface area contributed by atoms with E-state index in [9.17, 15) is 0 Å². The first-order valence-corrected chi connectivity index (χ1v) is 6.15. The molecule has 1 aromatic rings. The molecule has 0 saturated heterocycles. The van der Waals surface area contributed by atoms with Gasteiger partial charge in [-0.3, -0.25) is 0 Å². The number of hydrogen-bond donors (Lipinski definition) is 0. The molecule has 1 fully saturated rings. The van der Waals surface area contributed by atoms with Gasteiger partial charge < -0.3 is 0 Å². The third-order valence-corrected chi connectivity index (χ3v) is 4.46. The zero-order valence-electron chi connectivity index (χ0n) is 9.81. The lowest BCUT2D eigenvalue weighted by atomic mass is 9.96. The van der Waals surface area contributed by atoms with Crippen molar-refractivity contribution < 1.29 is 0 Å². The van der Waals surface area contributed by atoms with Gasteiger partial charge in [0.15, 0.2) is 0 Å². The van der Waals surface area contributed by atoms with Gasteiger partial charge in [0.2, 0.25) is 0 Å². The minimum Gasteiger partial charge on any atom is -0.122 e. The Kier molecular flexibility index (Phi) is 2.81. The van der Waals surface area contributed by atoms with Gasteiger partial charge in [0.05, 0.1) is 0 Å². The molecular formula is C14H19Cl. The summed E-state index contributed by atoms with van der Waals surface area (Å²) in [5.74, 6) is 0. The van der Waals surface area contributed by atoms with Crippen LogP contribution < -0.4 is 0 Å². The van der Waals surface area contributed by atoms with Crippen molar-refractivity contribution in [2.75, 3.05) is 0 Å². The number of aryl methyl sites for hydroxylation is 2. The minimum absolute atomic E-state index is 0.305. The molecule has 1 atom stereocenters. The van der Waals surface area contributed by atoms with E-state index in [2.05, 4.69) is 39.0 Å². The summed E-state index contributed by atoms with van der Waals surface area (Å²) in [5, 5.41) is 0.305. The van der Waals surface area contributed by atoms with Gasteiger partial charge in [0, 0.05) is 5.38 Å². The maximum absolute atomic E-state index is 6.45. The maximum Gasteiger partial charge on any atom is 0.0430 e. The van der Waals surface area contributed by atoms with E-state index in [0.717, 1.165) is 6.42 Å². The van der Waals surface area contributed by atoms with Gasteiger partial charge in [-0.2, -0.15) is 0 Å². The summed E-state index contributed by atoms with van der Waals surface area (Å²) in [6.07, 6.45) is 3.61. The van der Waals surface area contributed by atoms with Crippen LogP contribution >= 0.6 is 11.6 Å². The molecule has 1 aromatic carbocycles. The first kappa shape index (κ1) is 11.0. The van der Waals surface area contributed by atoms with Crippen LogP contribution in [0.15, 0.2) is 18.2 Å². The summed E-state index contributed by atoms with van der Waals surface area (Å²) in [4.78, 5) is 0. The van der Waals surface area contributed by atoms with E-state index in [1.54, 1.807) is 0 Å². The first-order chi connectivity index (χ1) is 7.01. The van der Waals surface area contributed by atoms with Crippen molar-refractivity contribution in [3.8, 4) is 0 Å². The SMILES string of the molecule is Cc1ccc(CC(Cl)C2(C)CC2)cc1C. The van der Waals surface area contributed by atoms with Crippen LogP contribution in [0.25, 0.3) is 0 Å². The molecule has 1 saturated carbocycles. The Labute approximate surface area is 97.6 Å². The van der Waals surface area contributed by atoms with Gasteiger partial charge in [-0.05, 0) is 55.2 Å². The summed E-state index contributed by atoms with van der Waals surface area (Å²) < 4.78 is 0. The highest BCUT2D eigenvalue weighted by molar-refractivity contribution is 6.21. The lowest BCUT2D eigenvalue weighted by molar-refractivity contribution is 0.528. The fourth-order valence-corrected chi connectivity index (χ4v) is 2.29. The zero-order chi connectivity index (χ0) is 11.1. The summed E-state index contributed by atoms with van der Waals surface area (Å²) in [7, 11) is 0. The van der Waals surface area contributed by atoms with Gasteiger partial charge in [-0.15, -0.1) is 11.6 Å². The van der Waals surface area contributed by atoms with E-state index in [-0.39, 0.29) is 0 Å². The third kappa shape index (κ3) is 2.36. The molecule has 0 aromatic heterocycles. The largest absolute Gasteiger partial charge is 0.122 e. The molecule has 0 N–H and O–H groups in total. The van der Waals surface area contributed by atoms with Crippen LogP contribution in [0.5, 0.6) is 0 Å². The Bertz CT molecular complexity index is 364. The molecule has 1 heteroatoms. The Morgan fingerprint density at radius 3 is 2.47 bits per heavy atom. The molecule has 0 spiro atoms. The molecule has 0 amide bonds. The van der Waals surface area contributed by atoms with Crippen LogP contribution in [0.1, 0.15) is 36.5 Å². The molecule has 0 heterocycles. The molecule has 0 nitrogen and oxygen atoms in total. The highest BCUT2D eigenvalue weighted by atomic mass is 35.5. The summed E-state index contributed by atoms with van der Waals surface area (Å²) in [6.45, 7) is 6.62. The second kappa shape index (κ2) is 3.83. The van der Waals surface area contributed by atoms with Crippen molar-refractivity contribution in [2.24, 2.45) is 5.41 Å². The van der Waals surface area contributed by atoms with Crippen molar-refractivity contribution in [3.63, 3.8) is 0 Å². The zero-order valence-corrected chi connectivity index (χ0v) is 10.6. The second-order valence-corrected chi connectivity index (χ2v) is 5.77. The number of halogens is 1. The average Bonchev–Trinajstić information content (AvgIpc) is 2.92. The number of benzene rings is 1. The highest BCUT2D eigenvalue weighted by Gasteiger charge is 2.43. The second-order valence-electron chi connectivity index (χ2n) is 5.24. The van der Waals surface area contributed by atoms with Crippen molar-refractivity contribution in [1.29, 1.82) is 0 Å². The lowest BCUT2D eigenvalue weighted by Gasteiger charge is -2.16. The molecule has 0 bridgehead atoms. The smallest absolute Gasteiger partial charge is 0.0430 e. The summed E-state index contributed by atoms with van der Waals surface area (Å²) in [5.41, 5.74) is 4.53. The van der Waals surface area contributed by atoms with Gasteiger partial charge in [-0.1, -0.05) is 25.1 Å². The molecule has 1 aliphatic carbocycles. The van der Waals surface area contributed by atoms with Crippen LogP contribution in [0.3, 0.4) is 0 Å². The van der Waals surface area contributed by atoms with Crippen LogP contribution in [0.2, 0.25) is 0 Å². The Hall–Kier alpha value is -0.490. The van der Waals surface area contributed by atoms with E-state index in [1.807, 2.05) is 0 Å². The number of rotatable bonds is 3. The van der Waals surface area contributed by atoms with E-state index >= 15 is 0 Å². The Morgan fingerprint density at radius 2 is 1.93 bits per heavy atom. The first-order valence-electron chi connectivity index (χ1n) is 5.71.